The van der Waals surface area contributed by atoms with Crippen molar-refractivity contribution in [1.29, 1.82) is 0 Å². The Morgan fingerprint density at radius 2 is 2.04 bits per heavy atom. The highest BCUT2D eigenvalue weighted by molar-refractivity contribution is 5.80. The number of rotatable bonds is 8. The van der Waals surface area contributed by atoms with Gasteiger partial charge >= 0.3 is 5.97 Å². The van der Waals surface area contributed by atoms with E-state index in [4.69, 9.17) is 9.47 Å². The van der Waals surface area contributed by atoms with E-state index in [-0.39, 0.29) is 25.7 Å². The molecule has 1 heterocycles. The molecule has 0 radical (unpaired) electrons. The fourth-order valence-electron chi connectivity index (χ4n) is 3.06. The number of carboxylic acids is 1. The first-order valence-corrected chi connectivity index (χ1v) is 8.19. The van der Waals surface area contributed by atoms with Crippen molar-refractivity contribution < 1.29 is 24.2 Å². The lowest BCUT2D eigenvalue weighted by Gasteiger charge is -2.39. The molecule has 1 saturated heterocycles. The number of likely N-dealkylation sites (tertiary alicyclic amines) is 1. The quantitative estimate of drug-likeness (QED) is 0.730. The lowest BCUT2D eigenvalue weighted by atomic mass is 9.80. The van der Waals surface area contributed by atoms with E-state index in [0.717, 1.165) is 12.0 Å². The second kappa shape index (κ2) is 8.80. The van der Waals surface area contributed by atoms with Crippen molar-refractivity contribution in [3.8, 4) is 0 Å². The summed E-state index contributed by atoms with van der Waals surface area (Å²) in [5, 5.41) is 9.51. The Hall–Kier alpha value is -1.92. The normalized spacial score (nSPS) is 20.8. The molecule has 132 valence electrons. The van der Waals surface area contributed by atoms with Crippen molar-refractivity contribution >= 4 is 11.9 Å². The number of aliphatic carboxylic acids is 1. The van der Waals surface area contributed by atoms with E-state index in [1.165, 1.54) is 7.11 Å². The molecule has 1 unspecified atom stereocenters. The van der Waals surface area contributed by atoms with Crippen molar-refractivity contribution in [2.45, 2.75) is 19.3 Å². The molecular formula is C18H25NO5. The van der Waals surface area contributed by atoms with Crippen LogP contribution in [0, 0.1) is 5.41 Å². The van der Waals surface area contributed by atoms with E-state index in [2.05, 4.69) is 0 Å². The SMILES string of the molecule is COCC1(C(=O)O)CCCN(C(=O)COCCc2ccccc2)C1. The third-order valence-corrected chi connectivity index (χ3v) is 4.41. The van der Waals surface area contributed by atoms with Crippen LogP contribution in [0.1, 0.15) is 18.4 Å². The standard InChI is InChI=1S/C18H25NO5/c1-23-14-18(17(21)22)9-5-10-19(13-18)16(20)12-24-11-8-15-6-3-2-4-7-15/h2-4,6-7H,5,8-14H2,1H3,(H,21,22). The van der Waals surface area contributed by atoms with Crippen molar-refractivity contribution in [2.24, 2.45) is 5.41 Å². The average molecular weight is 335 g/mol. The van der Waals surface area contributed by atoms with Gasteiger partial charge in [0.25, 0.3) is 0 Å². The molecule has 6 heteroatoms. The monoisotopic (exact) mass is 335 g/mol. The van der Waals surface area contributed by atoms with Gasteiger partial charge in [0, 0.05) is 20.2 Å². The largest absolute Gasteiger partial charge is 0.481 e. The van der Waals surface area contributed by atoms with Crippen LogP contribution in [0.4, 0.5) is 0 Å². The molecule has 1 aromatic carbocycles. The maximum Gasteiger partial charge on any atom is 0.313 e. The summed E-state index contributed by atoms with van der Waals surface area (Å²) < 4.78 is 10.5. The van der Waals surface area contributed by atoms with Gasteiger partial charge in [-0.3, -0.25) is 9.59 Å². The molecule has 1 aromatic rings. The fraction of sp³-hybridized carbons (Fsp3) is 0.556. The fourth-order valence-corrected chi connectivity index (χ4v) is 3.06. The van der Waals surface area contributed by atoms with Gasteiger partial charge in [0.15, 0.2) is 0 Å². The van der Waals surface area contributed by atoms with Gasteiger partial charge in [-0.1, -0.05) is 30.3 Å². The molecule has 0 aliphatic carbocycles. The first kappa shape index (κ1) is 18.4. The average Bonchev–Trinajstić information content (AvgIpc) is 2.60. The van der Waals surface area contributed by atoms with Crippen LogP contribution in [0.3, 0.4) is 0 Å². The van der Waals surface area contributed by atoms with Crippen molar-refractivity contribution in [3.05, 3.63) is 35.9 Å². The summed E-state index contributed by atoms with van der Waals surface area (Å²) in [7, 11) is 1.48. The maximum atomic E-state index is 12.3. The van der Waals surface area contributed by atoms with Crippen LogP contribution in [0.15, 0.2) is 30.3 Å². The number of methoxy groups -OCH3 is 1. The van der Waals surface area contributed by atoms with Gasteiger partial charge in [-0.15, -0.1) is 0 Å². The number of piperidine rings is 1. The molecule has 1 atom stereocenters. The minimum absolute atomic E-state index is 0.0183. The number of hydrogen-bond donors (Lipinski definition) is 1. The summed E-state index contributed by atoms with van der Waals surface area (Å²) in [6, 6.07) is 9.92. The van der Waals surface area contributed by atoms with Gasteiger partial charge in [0.1, 0.15) is 12.0 Å². The third-order valence-electron chi connectivity index (χ3n) is 4.41. The Balaban J connectivity index is 1.80. The molecule has 1 amide bonds. The number of ether oxygens (including phenoxy) is 2. The second-order valence-corrected chi connectivity index (χ2v) is 6.23. The second-order valence-electron chi connectivity index (χ2n) is 6.23. The summed E-state index contributed by atoms with van der Waals surface area (Å²) >= 11 is 0. The molecule has 2 rings (SSSR count). The highest BCUT2D eigenvalue weighted by Crippen LogP contribution is 2.30. The Kier molecular flexibility index (Phi) is 6.75. The molecular weight excluding hydrogens is 310 g/mol. The smallest absolute Gasteiger partial charge is 0.313 e. The topological polar surface area (TPSA) is 76.1 Å². The van der Waals surface area contributed by atoms with Crippen LogP contribution < -0.4 is 0 Å². The molecule has 1 aliphatic rings. The molecule has 0 spiro atoms. The molecule has 0 bridgehead atoms. The molecule has 6 nitrogen and oxygen atoms in total. The number of amides is 1. The van der Waals surface area contributed by atoms with Crippen LogP contribution >= 0.6 is 0 Å². The molecule has 1 fully saturated rings. The Morgan fingerprint density at radius 3 is 2.71 bits per heavy atom. The number of hydrogen-bond acceptors (Lipinski definition) is 4. The first-order valence-electron chi connectivity index (χ1n) is 8.19. The zero-order valence-electron chi connectivity index (χ0n) is 14.1. The summed E-state index contributed by atoms with van der Waals surface area (Å²) in [5.74, 6) is -1.07. The Labute approximate surface area is 142 Å². The first-order chi connectivity index (χ1) is 11.6. The summed E-state index contributed by atoms with van der Waals surface area (Å²) in [4.78, 5) is 25.5. The van der Waals surface area contributed by atoms with Crippen LogP contribution in [0.5, 0.6) is 0 Å². The Bertz CT molecular complexity index is 544. The molecule has 1 N–H and O–H groups in total. The summed E-state index contributed by atoms with van der Waals surface area (Å²) in [6.45, 7) is 1.30. The highest BCUT2D eigenvalue weighted by Gasteiger charge is 2.43. The van der Waals surface area contributed by atoms with Gasteiger partial charge < -0.3 is 19.5 Å². The van der Waals surface area contributed by atoms with E-state index in [9.17, 15) is 14.7 Å². The number of carboxylic acid groups (broad SMARTS) is 1. The summed E-state index contributed by atoms with van der Waals surface area (Å²) in [6.07, 6.45) is 1.93. The van der Waals surface area contributed by atoms with Crippen LogP contribution in [-0.4, -0.2) is 61.9 Å². The van der Waals surface area contributed by atoms with Crippen LogP contribution in [0.25, 0.3) is 0 Å². The zero-order valence-corrected chi connectivity index (χ0v) is 14.1. The number of benzene rings is 1. The maximum absolute atomic E-state index is 12.3. The molecule has 1 aliphatic heterocycles. The van der Waals surface area contributed by atoms with Crippen LogP contribution in [0.2, 0.25) is 0 Å². The lowest BCUT2D eigenvalue weighted by molar-refractivity contribution is -0.160. The van der Waals surface area contributed by atoms with Crippen LogP contribution in [-0.2, 0) is 25.5 Å². The minimum atomic E-state index is -1.01. The number of carbonyl (C=O) groups is 2. The molecule has 0 saturated carbocycles. The molecule has 0 aromatic heterocycles. The summed E-state index contributed by atoms with van der Waals surface area (Å²) in [5.41, 5.74) is 0.153. The van der Waals surface area contributed by atoms with Gasteiger partial charge in [0.05, 0.1) is 13.2 Å². The molecule has 24 heavy (non-hydrogen) atoms. The van der Waals surface area contributed by atoms with Gasteiger partial charge in [0.2, 0.25) is 5.91 Å². The predicted molar refractivity (Wildman–Crippen MR) is 88.7 cm³/mol. The van der Waals surface area contributed by atoms with E-state index < -0.39 is 11.4 Å². The zero-order chi connectivity index (χ0) is 17.4. The van der Waals surface area contributed by atoms with Gasteiger partial charge in [-0.2, -0.15) is 0 Å². The minimum Gasteiger partial charge on any atom is -0.481 e. The third kappa shape index (κ3) is 4.79. The number of nitrogens with zero attached hydrogens (tertiary/aromatic N) is 1. The van der Waals surface area contributed by atoms with Gasteiger partial charge in [-0.25, -0.2) is 0 Å². The van der Waals surface area contributed by atoms with Crippen molar-refractivity contribution in [3.63, 3.8) is 0 Å². The predicted octanol–water partition coefficient (Wildman–Crippen LogP) is 1.59. The van der Waals surface area contributed by atoms with E-state index >= 15 is 0 Å². The van der Waals surface area contributed by atoms with Gasteiger partial charge in [-0.05, 0) is 24.8 Å². The van der Waals surface area contributed by atoms with E-state index in [0.29, 0.717) is 26.0 Å². The lowest BCUT2D eigenvalue weighted by Crippen LogP contribution is -2.52. The van der Waals surface area contributed by atoms with E-state index in [1.807, 2.05) is 30.3 Å². The highest BCUT2D eigenvalue weighted by atomic mass is 16.5. The number of carbonyl (C=O) groups excluding carboxylic acids is 1. The van der Waals surface area contributed by atoms with Crippen molar-refractivity contribution in [1.82, 2.24) is 4.90 Å². The van der Waals surface area contributed by atoms with E-state index in [1.54, 1.807) is 4.90 Å². The van der Waals surface area contributed by atoms with Crippen molar-refractivity contribution in [2.75, 3.05) is 40.0 Å². The Morgan fingerprint density at radius 1 is 1.29 bits per heavy atom.